The Morgan fingerprint density at radius 1 is 0.913 bits per heavy atom. The van der Waals surface area contributed by atoms with Gasteiger partial charge in [0.25, 0.3) is 0 Å². The van der Waals surface area contributed by atoms with Crippen LogP contribution < -0.4 is 0 Å². The number of aliphatic carboxylic acids is 1. The minimum atomic E-state index is -0.561. The molecule has 0 aromatic heterocycles. The van der Waals surface area contributed by atoms with Crippen molar-refractivity contribution in [1.82, 2.24) is 0 Å². The minimum Gasteiger partial charge on any atom is -0.481 e. The van der Waals surface area contributed by atoms with Crippen LogP contribution >= 0.6 is 0 Å². The summed E-state index contributed by atoms with van der Waals surface area (Å²) in [6.45, 7) is 4.77. The van der Waals surface area contributed by atoms with Gasteiger partial charge in [0.2, 0.25) is 0 Å². The monoisotopic (exact) mass is 320 g/mol. The lowest BCUT2D eigenvalue weighted by atomic mass is 9.44. The van der Waals surface area contributed by atoms with Gasteiger partial charge in [0.05, 0.1) is 12.0 Å². The Morgan fingerprint density at radius 3 is 2.35 bits per heavy atom. The van der Waals surface area contributed by atoms with Gasteiger partial charge in [-0.3, -0.25) is 4.79 Å². The van der Waals surface area contributed by atoms with Crippen LogP contribution in [0.1, 0.15) is 71.6 Å². The summed E-state index contributed by atoms with van der Waals surface area (Å²) in [6.07, 6.45) is 9.90. The highest BCUT2D eigenvalue weighted by atomic mass is 16.4. The molecular formula is C20H32O3. The fraction of sp³-hybridized carbons (Fsp3) is 0.950. The summed E-state index contributed by atoms with van der Waals surface area (Å²) in [5.74, 6) is 2.12. The molecule has 4 rings (SSSR count). The number of aliphatic hydroxyl groups is 1. The third-order valence-electron chi connectivity index (χ3n) is 8.94. The molecule has 0 bridgehead atoms. The average Bonchev–Trinajstić information content (AvgIpc) is 2.85. The van der Waals surface area contributed by atoms with Crippen molar-refractivity contribution in [3.8, 4) is 0 Å². The van der Waals surface area contributed by atoms with Crippen LogP contribution in [0.5, 0.6) is 0 Å². The molecule has 130 valence electrons. The van der Waals surface area contributed by atoms with E-state index in [1.807, 2.05) is 0 Å². The van der Waals surface area contributed by atoms with Crippen molar-refractivity contribution < 1.29 is 15.0 Å². The summed E-state index contributed by atoms with van der Waals surface area (Å²) in [5.41, 5.74) is 0.426. The van der Waals surface area contributed by atoms with E-state index in [-0.39, 0.29) is 17.4 Å². The molecule has 4 aliphatic carbocycles. The predicted molar refractivity (Wildman–Crippen MR) is 88.9 cm³/mol. The van der Waals surface area contributed by atoms with E-state index >= 15 is 0 Å². The van der Waals surface area contributed by atoms with Crippen LogP contribution in [0.4, 0.5) is 0 Å². The lowest BCUT2D eigenvalue weighted by Crippen LogP contribution is -2.54. The normalized spacial score (nSPS) is 55.6. The van der Waals surface area contributed by atoms with Gasteiger partial charge in [-0.2, -0.15) is 0 Å². The van der Waals surface area contributed by atoms with Gasteiger partial charge in [-0.05, 0) is 92.3 Å². The zero-order chi connectivity index (χ0) is 16.4. The van der Waals surface area contributed by atoms with Crippen LogP contribution in [0.2, 0.25) is 0 Å². The molecule has 8 atom stereocenters. The fourth-order valence-corrected chi connectivity index (χ4v) is 7.64. The summed E-state index contributed by atoms with van der Waals surface area (Å²) in [4.78, 5) is 11.7. The first-order valence-electron chi connectivity index (χ1n) is 9.77. The molecule has 0 aromatic rings. The third kappa shape index (κ3) is 2.14. The average molecular weight is 320 g/mol. The maximum Gasteiger partial charge on any atom is 0.307 e. The molecule has 0 saturated heterocycles. The smallest absolute Gasteiger partial charge is 0.307 e. The highest BCUT2D eigenvalue weighted by molar-refractivity contribution is 5.71. The molecule has 0 amide bonds. The van der Waals surface area contributed by atoms with Crippen molar-refractivity contribution >= 4 is 5.97 Å². The highest BCUT2D eigenvalue weighted by Gasteiger charge is 2.61. The minimum absolute atomic E-state index is 0.0321. The van der Waals surface area contributed by atoms with Gasteiger partial charge < -0.3 is 10.2 Å². The molecule has 4 saturated carbocycles. The fourth-order valence-electron chi connectivity index (χ4n) is 7.64. The Kier molecular flexibility index (Phi) is 3.61. The number of carboxylic acid groups (broad SMARTS) is 1. The molecule has 0 heterocycles. The number of carbonyl (C=O) groups is 1. The summed E-state index contributed by atoms with van der Waals surface area (Å²) >= 11 is 0. The Hall–Kier alpha value is -0.570. The number of hydrogen-bond acceptors (Lipinski definition) is 2. The molecule has 23 heavy (non-hydrogen) atoms. The standard InChI is InChI=1S/C20H32O3/c1-19-9-7-13(21)11-12(19)3-4-14-15-5-6-17(18(22)23)20(15,2)10-8-16(14)19/h12-17,21H,3-11H2,1-2H3,(H,22,23)/t12-,13+,14+,15+,16+,17-,19+,20+/m1/s1. The maximum atomic E-state index is 11.7. The van der Waals surface area contributed by atoms with Crippen LogP contribution in [0.3, 0.4) is 0 Å². The van der Waals surface area contributed by atoms with E-state index in [2.05, 4.69) is 13.8 Å². The zero-order valence-electron chi connectivity index (χ0n) is 14.6. The topological polar surface area (TPSA) is 57.5 Å². The van der Waals surface area contributed by atoms with Crippen LogP contribution in [-0.4, -0.2) is 22.3 Å². The van der Waals surface area contributed by atoms with E-state index in [0.29, 0.717) is 17.3 Å². The van der Waals surface area contributed by atoms with E-state index < -0.39 is 5.97 Å². The van der Waals surface area contributed by atoms with Gasteiger partial charge in [0.1, 0.15) is 0 Å². The second kappa shape index (κ2) is 5.21. The van der Waals surface area contributed by atoms with E-state index in [4.69, 9.17) is 0 Å². The number of rotatable bonds is 1. The number of hydrogen-bond donors (Lipinski definition) is 2. The number of aliphatic hydroxyl groups excluding tert-OH is 1. The molecule has 0 spiro atoms. The summed E-state index contributed by atoms with van der Waals surface area (Å²) in [6, 6.07) is 0. The van der Waals surface area contributed by atoms with Gasteiger partial charge in [0, 0.05) is 0 Å². The first kappa shape index (κ1) is 15.9. The Balaban J connectivity index is 1.61. The van der Waals surface area contributed by atoms with Crippen molar-refractivity contribution in [3.63, 3.8) is 0 Å². The van der Waals surface area contributed by atoms with Crippen LogP contribution in [0, 0.1) is 40.4 Å². The second-order valence-electron chi connectivity index (χ2n) is 9.60. The first-order chi connectivity index (χ1) is 10.9. The Bertz CT molecular complexity index is 503. The van der Waals surface area contributed by atoms with Gasteiger partial charge in [0.15, 0.2) is 0 Å². The van der Waals surface area contributed by atoms with Crippen molar-refractivity contribution in [2.24, 2.45) is 40.4 Å². The predicted octanol–water partition coefficient (Wildman–Crippen LogP) is 4.09. The van der Waals surface area contributed by atoms with Crippen molar-refractivity contribution in [3.05, 3.63) is 0 Å². The molecule has 4 fully saturated rings. The molecule has 0 aliphatic heterocycles. The summed E-state index contributed by atoms with van der Waals surface area (Å²) in [5, 5.41) is 19.7. The molecule has 0 aromatic carbocycles. The Morgan fingerprint density at radius 2 is 1.61 bits per heavy atom. The largest absolute Gasteiger partial charge is 0.481 e. The van der Waals surface area contributed by atoms with Gasteiger partial charge in [-0.25, -0.2) is 0 Å². The lowest BCUT2D eigenvalue weighted by Gasteiger charge is -2.60. The van der Waals surface area contributed by atoms with Crippen LogP contribution in [0.15, 0.2) is 0 Å². The lowest BCUT2D eigenvalue weighted by molar-refractivity contribution is -0.154. The van der Waals surface area contributed by atoms with Gasteiger partial charge in [-0.1, -0.05) is 13.8 Å². The van der Waals surface area contributed by atoms with Crippen molar-refractivity contribution in [2.75, 3.05) is 0 Å². The van der Waals surface area contributed by atoms with E-state index in [1.165, 1.54) is 25.7 Å². The molecule has 3 nitrogen and oxygen atoms in total. The molecule has 0 radical (unpaired) electrons. The van der Waals surface area contributed by atoms with E-state index in [0.717, 1.165) is 43.9 Å². The van der Waals surface area contributed by atoms with E-state index in [9.17, 15) is 15.0 Å². The summed E-state index contributed by atoms with van der Waals surface area (Å²) < 4.78 is 0. The molecule has 0 unspecified atom stereocenters. The zero-order valence-corrected chi connectivity index (χ0v) is 14.6. The summed E-state index contributed by atoms with van der Waals surface area (Å²) in [7, 11) is 0. The first-order valence-corrected chi connectivity index (χ1v) is 9.77. The maximum absolute atomic E-state index is 11.7. The van der Waals surface area contributed by atoms with E-state index in [1.54, 1.807) is 0 Å². The highest BCUT2D eigenvalue weighted by Crippen LogP contribution is 2.67. The third-order valence-corrected chi connectivity index (χ3v) is 8.94. The SMILES string of the molecule is C[C@]12CC[C@H](O)C[C@H]1CC[C@@H]1[C@@H]2CC[C@]2(C)[C@@H](C(=O)O)CC[C@@H]12. The molecular weight excluding hydrogens is 288 g/mol. The van der Waals surface area contributed by atoms with Crippen molar-refractivity contribution in [2.45, 2.75) is 77.7 Å². The van der Waals surface area contributed by atoms with Crippen molar-refractivity contribution in [1.29, 1.82) is 0 Å². The number of carboxylic acids is 1. The number of fused-ring (bicyclic) bond motifs is 5. The quantitative estimate of drug-likeness (QED) is 0.765. The molecule has 2 N–H and O–H groups in total. The van der Waals surface area contributed by atoms with Crippen LogP contribution in [-0.2, 0) is 4.79 Å². The van der Waals surface area contributed by atoms with Gasteiger partial charge >= 0.3 is 5.97 Å². The second-order valence-corrected chi connectivity index (χ2v) is 9.60. The molecule has 4 aliphatic rings. The van der Waals surface area contributed by atoms with Gasteiger partial charge in [-0.15, -0.1) is 0 Å². The van der Waals surface area contributed by atoms with Crippen LogP contribution in [0.25, 0.3) is 0 Å². The molecule has 3 heteroatoms. The Labute approximate surface area is 139 Å².